The quantitative estimate of drug-likeness (QED) is 0.548. The van der Waals surface area contributed by atoms with Gasteiger partial charge in [0.25, 0.3) is 0 Å². The Morgan fingerprint density at radius 3 is 2.39 bits per heavy atom. The Bertz CT molecular complexity index is 916. The van der Waals surface area contributed by atoms with Crippen LogP contribution in [0.5, 0.6) is 0 Å². The van der Waals surface area contributed by atoms with E-state index in [1.54, 1.807) is 0 Å². The molecule has 33 heavy (non-hydrogen) atoms. The Balaban J connectivity index is 1.68. The van der Waals surface area contributed by atoms with E-state index in [0.29, 0.717) is 12.0 Å². The summed E-state index contributed by atoms with van der Waals surface area (Å²) in [5.41, 5.74) is 3.38. The number of hydrogen-bond donors (Lipinski definition) is 1. The molecule has 1 saturated carbocycles. The summed E-state index contributed by atoms with van der Waals surface area (Å²) in [6, 6.07) is 19.2. The first-order valence-corrected chi connectivity index (χ1v) is 12.8. The van der Waals surface area contributed by atoms with Gasteiger partial charge in [-0.05, 0) is 54.7 Å². The number of aliphatic hydroxyl groups excluding tert-OH is 1. The van der Waals surface area contributed by atoms with Gasteiger partial charge in [0, 0.05) is 24.4 Å². The fourth-order valence-corrected chi connectivity index (χ4v) is 6.03. The molecular formula is C30H43NO2. The molecule has 0 radical (unpaired) electrons. The van der Waals surface area contributed by atoms with Gasteiger partial charge < -0.3 is 9.84 Å². The average Bonchev–Trinajstić information content (AvgIpc) is 2.76. The summed E-state index contributed by atoms with van der Waals surface area (Å²) in [4.78, 5) is 2.60. The van der Waals surface area contributed by atoms with Crippen LogP contribution in [0, 0.1) is 17.3 Å². The monoisotopic (exact) mass is 449 g/mol. The summed E-state index contributed by atoms with van der Waals surface area (Å²) in [6.07, 6.45) is 4.25. The van der Waals surface area contributed by atoms with Crippen LogP contribution in [-0.4, -0.2) is 27.9 Å². The Morgan fingerprint density at radius 2 is 1.70 bits per heavy atom. The van der Waals surface area contributed by atoms with Gasteiger partial charge >= 0.3 is 0 Å². The maximum Gasteiger partial charge on any atom is 0.115 e. The molecule has 3 nitrogen and oxygen atoms in total. The zero-order chi connectivity index (χ0) is 23.8. The molecule has 3 heteroatoms. The molecule has 0 unspecified atom stereocenters. The van der Waals surface area contributed by atoms with E-state index in [4.69, 9.17) is 4.74 Å². The second-order valence-electron chi connectivity index (χ2n) is 12.1. The SMILES string of the molecule is C[C@@H]1CC[C@@H]2[C@@H](C1)O[C@@H](Cc1ccccc1[C@@H](O)C(C)(C)C)N(Cc1ccccc1)C2(C)C. The van der Waals surface area contributed by atoms with Crippen LogP contribution in [0.25, 0.3) is 0 Å². The maximum atomic E-state index is 11.1. The predicted octanol–water partition coefficient (Wildman–Crippen LogP) is 6.75. The van der Waals surface area contributed by atoms with Gasteiger partial charge in [-0.25, -0.2) is 0 Å². The van der Waals surface area contributed by atoms with E-state index in [9.17, 15) is 5.11 Å². The number of nitrogens with zero attached hydrogens (tertiary/aromatic N) is 1. The highest BCUT2D eigenvalue weighted by Gasteiger charge is 2.50. The highest BCUT2D eigenvalue weighted by molar-refractivity contribution is 5.31. The Labute approximate surface area is 201 Å². The van der Waals surface area contributed by atoms with Gasteiger partial charge in [0.2, 0.25) is 0 Å². The van der Waals surface area contributed by atoms with Crippen molar-refractivity contribution in [2.45, 2.75) is 97.7 Å². The number of aliphatic hydroxyl groups is 1. The molecule has 1 saturated heterocycles. The standard InChI is InChI=1S/C30H43NO2/c1-21-16-17-25-26(18-21)33-27(31(30(25,5)6)20-22-12-8-7-9-13-22)19-23-14-10-11-15-24(23)28(32)29(2,3)4/h7-15,21,25-28,32H,16-20H2,1-6H3/t21-,25-,26-,27+,28-/m1/s1. The molecule has 2 fully saturated rings. The molecule has 2 aromatic carbocycles. The number of benzene rings is 2. The molecule has 1 aliphatic heterocycles. The lowest BCUT2D eigenvalue weighted by Crippen LogP contribution is -2.64. The van der Waals surface area contributed by atoms with E-state index < -0.39 is 6.10 Å². The van der Waals surface area contributed by atoms with Crippen LogP contribution in [0.4, 0.5) is 0 Å². The first-order chi connectivity index (χ1) is 15.6. The number of fused-ring (bicyclic) bond motifs is 1. The summed E-state index contributed by atoms with van der Waals surface area (Å²) < 4.78 is 6.95. The predicted molar refractivity (Wildman–Crippen MR) is 136 cm³/mol. The van der Waals surface area contributed by atoms with Crippen LogP contribution in [0.15, 0.2) is 54.6 Å². The summed E-state index contributed by atoms with van der Waals surface area (Å²) in [6.45, 7) is 14.4. The van der Waals surface area contributed by atoms with Crippen molar-refractivity contribution in [3.05, 3.63) is 71.3 Å². The van der Waals surface area contributed by atoms with Gasteiger partial charge in [0.15, 0.2) is 0 Å². The van der Waals surface area contributed by atoms with Crippen molar-refractivity contribution in [2.75, 3.05) is 0 Å². The molecule has 0 spiro atoms. The molecular weight excluding hydrogens is 406 g/mol. The molecule has 4 rings (SSSR count). The van der Waals surface area contributed by atoms with Gasteiger partial charge in [-0.15, -0.1) is 0 Å². The van der Waals surface area contributed by atoms with Crippen molar-refractivity contribution < 1.29 is 9.84 Å². The third-order valence-corrected chi connectivity index (χ3v) is 8.14. The number of rotatable bonds is 5. The summed E-state index contributed by atoms with van der Waals surface area (Å²) in [7, 11) is 0. The van der Waals surface area contributed by atoms with Crippen LogP contribution in [-0.2, 0) is 17.7 Å². The van der Waals surface area contributed by atoms with Crippen molar-refractivity contribution in [1.82, 2.24) is 4.90 Å². The van der Waals surface area contributed by atoms with Crippen molar-refractivity contribution >= 4 is 0 Å². The minimum Gasteiger partial charge on any atom is -0.388 e. The van der Waals surface area contributed by atoms with E-state index >= 15 is 0 Å². The van der Waals surface area contributed by atoms with Crippen molar-refractivity contribution in [1.29, 1.82) is 0 Å². The minimum absolute atomic E-state index is 0.0138. The smallest absolute Gasteiger partial charge is 0.115 e. The molecule has 0 amide bonds. The Hall–Kier alpha value is -1.68. The van der Waals surface area contributed by atoms with E-state index in [2.05, 4.69) is 95.0 Å². The fraction of sp³-hybridized carbons (Fsp3) is 0.600. The van der Waals surface area contributed by atoms with E-state index in [-0.39, 0.29) is 17.2 Å². The third-order valence-electron chi connectivity index (χ3n) is 8.14. The van der Waals surface area contributed by atoms with Gasteiger partial charge in [-0.2, -0.15) is 0 Å². The van der Waals surface area contributed by atoms with Crippen molar-refractivity contribution in [2.24, 2.45) is 17.3 Å². The van der Waals surface area contributed by atoms with E-state index in [1.807, 2.05) is 6.07 Å². The van der Waals surface area contributed by atoms with E-state index in [0.717, 1.165) is 30.9 Å². The summed E-state index contributed by atoms with van der Waals surface area (Å²) >= 11 is 0. The molecule has 2 aromatic rings. The van der Waals surface area contributed by atoms with Gasteiger partial charge in [-0.1, -0.05) is 88.7 Å². The van der Waals surface area contributed by atoms with Crippen molar-refractivity contribution in [3.63, 3.8) is 0 Å². The highest BCUT2D eigenvalue weighted by Crippen LogP contribution is 2.46. The lowest BCUT2D eigenvalue weighted by Gasteiger charge is -2.57. The van der Waals surface area contributed by atoms with Crippen LogP contribution < -0.4 is 0 Å². The number of ether oxygens (including phenoxy) is 1. The zero-order valence-corrected chi connectivity index (χ0v) is 21.4. The van der Waals surface area contributed by atoms with Crippen LogP contribution >= 0.6 is 0 Å². The zero-order valence-electron chi connectivity index (χ0n) is 21.4. The molecule has 1 aliphatic carbocycles. The molecule has 0 aromatic heterocycles. The Kier molecular flexibility index (Phi) is 7.05. The lowest BCUT2D eigenvalue weighted by atomic mass is 9.69. The molecule has 1 N–H and O–H groups in total. The minimum atomic E-state index is -0.504. The van der Waals surface area contributed by atoms with Gasteiger partial charge in [0.05, 0.1) is 12.2 Å². The van der Waals surface area contributed by atoms with Crippen LogP contribution in [0.3, 0.4) is 0 Å². The molecule has 2 aliphatic rings. The number of hydrogen-bond acceptors (Lipinski definition) is 3. The van der Waals surface area contributed by atoms with Gasteiger partial charge in [-0.3, -0.25) is 4.90 Å². The second kappa shape index (κ2) is 9.52. The first-order valence-electron chi connectivity index (χ1n) is 12.8. The third kappa shape index (κ3) is 5.21. The normalized spacial score (nSPS) is 28.8. The van der Waals surface area contributed by atoms with E-state index in [1.165, 1.54) is 24.0 Å². The lowest BCUT2D eigenvalue weighted by molar-refractivity contribution is -0.236. The van der Waals surface area contributed by atoms with Crippen LogP contribution in [0.2, 0.25) is 0 Å². The highest BCUT2D eigenvalue weighted by atomic mass is 16.5. The summed E-state index contributed by atoms with van der Waals surface area (Å²) in [5, 5.41) is 11.1. The average molecular weight is 450 g/mol. The topological polar surface area (TPSA) is 32.7 Å². The molecule has 1 heterocycles. The Morgan fingerprint density at radius 1 is 1.03 bits per heavy atom. The largest absolute Gasteiger partial charge is 0.388 e. The summed E-state index contributed by atoms with van der Waals surface area (Å²) in [5.74, 6) is 1.27. The molecule has 180 valence electrons. The second-order valence-corrected chi connectivity index (χ2v) is 12.1. The van der Waals surface area contributed by atoms with Crippen molar-refractivity contribution in [3.8, 4) is 0 Å². The first kappa shape index (κ1) is 24.4. The van der Waals surface area contributed by atoms with Crippen LogP contribution in [0.1, 0.15) is 83.6 Å². The molecule has 5 atom stereocenters. The van der Waals surface area contributed by atoms with Gasteiger partial charge in [0.1, 0.15) is 6.23 Å². The maximum absolute atomic E-state index is 11.1. The molecule has 0 bridgehead atoms. The fourth-order valence-electron chi connectivity index (χ4n) is 6.03.